The molecule has 190 valence electrons. The topological polar surface area (TPSA) is 102 Å². The molecule has 2 fully saturated rings. The summed E-state index contributed by atoms with van der Waals surface area (Å²) in [6.45, 7) is 5.29. The van der Waals surface area contributed by atoms with E-state index in [-0.39, 0.29) is 30.4 Å². The Kier molecular flexibility index (Phi) is 7.46. The standard InChI is InChI=1S/C28H33N3O5/c29-15-21-8-9-23-24(17-31(28(23)34)25-3-1-2-22(32)14-26(25)33)27(21)36-18-20-6-4-19(5-7-20)16-30-10-12-35-13-11-30/h4-9,25H,1-3,10-18,29H2/t25-/m0/s1. The number of rotatable bonds is 7. The molecule has 0 aromatic heterocycles. The molecule has 0 spiro atoms. The van der Waals surface area contributed by atoms with Crippen LogP contribution in [-0.2, 0) is 40.6 Å². The smallest absolute Gasteiger partial charge is 0.255 e. The number of ketones is 2. The van der Waals surface area contributed by atoms with E-state index in [0.29, 0.717) is 43.7 Å². The van der Waals surface area contributed by atoms with Crippen molar-refractivity contribution < 1.29 is 23.9 Å². The van der Waals surface area contributed by atoms with Crippen molar-refractivity contribution in [2.45, 2.75) is 58.0 Å². The molecule has 1 amide bonds. The van der Waals surface area contributed by atoms with Gasteiger partial charge in [0.15, 0.2) is 5.78 Å². The van der Waals surface area contributed by atoms with E-state index in [1.54, 1.807) is 11.0 Å². The maximum absolute atomic E-state index is 13.3. The lowest BCUT2D eigenvalue weighted by atomic mass is 10.0. The molecule has 2 N–H and O–H groups in total. The van der Waals surface area contributed by atoms with Gasteiger partial charge in [-0.25, -0.2) is 0 Å². The molecular formula is C28H33N3O5. The molecular weight excluding hydrogens is 458 g/mol. The van der Waals surface area contributed by atoms with Crippen LogP contribution in [0.5, 0.6) is 5.75 Å². The summed E-state index contributed by atoms with van der Waals surface area (Å²) in [4.78, 5) is 41.8. The molecule has 2 aromatic carbocycles. The van der Waals surface area contributed by atoms with Crippen molar-refractivity contribution in [3.8, 4) is 5.75 Å². The van der Waals surface area contributed by atoms with Crippen LogP contribution in [-0.4, -0.2) is 59.6 Å². The van der Waals surface area contributed by atoms with E-state index in [9.17, 15) is 14.4 Å². The quantitative estimate of drug-likeness (QED) is 0.469. The molecule has 0 bridgehead atoms. The van der Waals surface area contributed by atoms with Crippen LogP contribution in [0.1, 0.15) is 58.3 Å². The number of nitrogens with zero attached hydrogens (tertiary/aromatic N) is 2. The van der Waals surface area contributed by atoms with Crippen LogP contribution < -0.4 is 10.5 Å². The Morgan fingerprint density at radius 2 is 1.75 bits per heavy atom. The number of Topliss-reactive ketones (excluding diaryl/α,β-unsaturated/α-hetero) is 2. The fraction of sp³-hybridized carbons (Fsp3) is 0.464. The van der Waals surface area contributed by atoms with E-state index < -0.39 is 6.04 Å². The first-order chi connectivity index (χ1) is 17.5. The van der Waals surface area contributed by atoms with E-state index in [0.717, 1.165) is 49.5 Å². The molecule has 2 heterocycles. The first kappa shape index (κ1) is 24.6. The molecule has 1 saturated carbocycles. The summed E-state index contributed by atoms with van der Waals surface area (Å²) in [5.74, 6) is 0.230. The molecule has 8 heteroatoms. The Labute approximate surface area is 211 Å². The van der Waals surface area contributed by atoms with E-state index in [1.807, 2.05) is 6.07 Å². The zero-order valence-electron chi connectivity index (χ0n) is 20.5. The monoisotopic (exact) mass is 491 g/mol. The first-order valence-corrected chi connectivity index (χ1v) is 12.7. The van der Waals surface area contributed by atoms with Crippen LogP contribution in [0.15, 0.2) is 36.4 Å². The highest BCUT2D eigenvalue weighted by Gasteiger charge is 2.39. The van der Waals surface area contributed by atoms with Gasteiger partial charge in [0.2, 0.25) is 0 Å². The average Bonchev–Trinajstić information content (AvgIpc) is 3.12. The summed E-state index contributed by atoms with van der Waals surface area (Å²) >= 11 is 0. The van der Waals surface area contributed by atoms with Gasteiger partial charge in [-0.2, -0.15) is 0 Å². The number of hydrogen-bond donors (Lipinski definition) is 1. The molecule has 1 atom stereocenters. The van der Waals surface area contributed by atoms with Crippen LogP contribution in [0, 0.1) is 0 Å². The fourth-order valence-corrected chi connectivity index (χ4v) is 5.32. The van der Waals surface area contributed by atoms with Gasteiger partial charge in [-0.3, -0.25) is 19.3 Å². The van der Waals surface area contributed by atoms with Gasteiger partial charge in [-0.05, 0) is 30.0 Å². The average molecular weight is 492 g/mol. The van der Waals surface area contributed by atoms with Crippen molar-refractivity contribution in [1.29, 1.82) is 0 Å². The van der Waals surface area contributed by atoms with Crippen LogP contribution in [0.4, 0.5) is 0 Å². The second-order valence-electron chi connectivity index (χ2n) is 9.80. The van der Waals surface area contributed by atoms with Gasteiger partial charge >= 0.3 is 0 Å². The van der Waals surface area contributed by atoms with Crippen molar-refractivity contribution in [3.63, 3.8) is 0 Å². The third-order valence-electron chi connectivity index (χ3n) is 7.35. The van der Waals surface area contributed by atoms with Gasteiger partial charge in [0.05, 0.1) is 32.2 Å². The van der Waals surface area contributed by atoms with Crippen molar-refractivity contribution >= 4 is 17.5 Å². The molecule has 0 radical (unpaired) electrons. The fourth-order valence-electron chi connectivity index (χ4n) is 5.32. The summed E-state index contributed by atoms with van der Waals surface area (Å²) < 4.78 is 11.7. The molecule has 2 aromatic rings. The molecule has 36 heavy (non-hydrogen) atoms. The Balaban J connectivity index is 1.30. The predicted octanol–water partition coefficient (Wildman–Crippen LogP) is 2.59. The highest BCUT2D eigenvalue weighted by molar-refractivity contribution is 6.06. The van der Waals surface area contributed by atoms with Crippen LogP contribution in [0.3, 0.4) is 0 Å². The largest absolute Gasteiger partial charge is 0.488 e. The third-order valence-corrected chi connectivity index (χ3v) is 7.35. The van der Waals surface area contributed by atoms with Gasteiger partial charge in [0, 0.05) is 49.3 Å². The normalized spacial score (nSPS) is 21.0. The van der Waals surface area contributed by atoms with E-state index >= 15 is 0 Å². The highest BCUT2D eigenvalue weighted by atomic mass is 16.5. The highest BCUT2D eigenvalue weighted by Crippen LogP contribution is 2.37. The molecule has 2 aliphatic heterocycles. The van der Waals surface area contributed by atoms with Gasteiger partial charge in [0.1, 0.15) is 18.1 Å². The van der Waals surface area contributed by atoms with Gasteiger partial charge in [-0.15, -0.1) is 0 Å². The number of nitrogens with two attached hydrogens (primary N) is 1. The van der Waals surface area contributed by atoms with Crippen molar-refractivity contribution in [1.82, 2.24) is 9.80 Å². The maximum Gasteiger partial charge on any atom is 0.255 e. The summed E-state index contributed by atoms with van der Waals surface area (Å²) in [6.07, 6.45) is 1.44. The Hall–Kier alpha value is -3.07. The number of hydrogen-bond acceptors (Lipinski definition) is 7. The van der Waals surface area contributed by atoms with Crippen molar-refractivity contribution in [3.05, 3.63) is 64.2 Å². The maximum atomic E-state index is 13.3. The van der Waals surface area contributed by atoms with Crippen LogP contribution in [0.2, 0.25) is 0 Å². The Morgan fingerprint density at radius 3 is 2.50 bits per heavy atom. The molecule has 1 saturated heterocycles. The Bertz CT molecular complexity index is 1140. The van der Waals surface area contributed by atoms with Gasteiger partial charge in [0.25, 0.3) is 5.91 Å². The molecule has 5 rings (SSSR count). The second kappa shape index (κ2) is 10.9. The van der Waals surface area contributed by atoms with E-state index in [4.69, 9.17) is 15.2 Å². The lowest BCUT2D eigenvalue weighted by molar-refractivity contribution is -0.128. The number of carbonyl (C=O) groups excluding carboxylic acids is 3. The SMILES string of the molecule is NCc1ccc2c(c1OCc1ccc(CN3CCOCC3)cc1)CN([C@H]1CCCC(=O)CC1=O)C2=O. The Morgan fingerprint density at radius 1 is 1.00 bits per heavy atom. The number of carbonyl (C=O) groups is 3. The van der Waals surface area contributed by atoms with Gasteiger partial charge in [-0.1, -0.05) is 30.3 Å². The number of benzene rings is 2. The summed E-state index contributed by atoms with van der Waals surface area (Å²) in [5, 5.41) is 0. The molecule has 8 nitrogen and oxygen atoms in total. The minimum Gasteiger partial charge on any atom is -0.488 e. The van der Waals surface area contributed by atoms with Crippen LogP contribution in [0.25, 0.3) is 0 Å². The molecule has 1 aliphatic carbocycles. The minimum atomic E-state index is -0.565. The summed E-state index contributed by atoms with van der Waals surface area (Å²) in [6, 6.07) is 11.4. The minimum absolute atomic E-state index is 0.0444. The zero-order chi connectivity index (χ0) is 25.1. The lowest BCUT2D eigenvalue weighted by Crippen LogP contribution is -2.41. The first-order valence-electron chi connectivity index (χ1n) is 12.7. The second-order valence-corrected chi connectivity index (χ2v) is 9.80. The predicted molar refractivity (Wildman–Crippen MR) is 133 cm³/mol. The number of ether oxygens (including phenoxy) is 2. The van der Waals surface area contributed by atoms with Crippen molar-refractivity contribution in [2.75, 3.05) is 26.3 Å². The third kappa shape index (κ3) is 5.21. The van der Waals surface area contributed by atoms with E-state index in [1.165, 1.54) is 5.56 Å². The van der Waals surface area contributed by atoms with Gasteiger partial charge < -0.3 is 20.1 Å². The number of morpholine rings is 1. The molecule has 3 aliphatic rings. The molecule has 0 unspecified atom stereocenters. The van der Waals surface area contributed by atoms with Crippen LogP contribution >= 0.6 is 0 Å². The summed E-state index contributed by atoms with van der Waals surface area (Å²) in [5.41, 5.74) is 10.4. The lowest BCUT2D eigenvalue weighted by Gasteiger charge is -2.26. The summed E-state index contributed by atoms with van der Waals surface area (Å²) in [7, 11) is 0. The number of fused-ring (bicyclic) bond motifs is 1. The van der Waals surface area contributed by atoms with Crippen molar-refractivity contribution in [2.24, 2.45) is 5.73 Å². The van der Waals surface area contributed by atoms with E-state index in [2.05, 4.69) is 29.2 Å². The number of amides is 1. The zero-order valence-corrected chi connectivity index (χ0v) is 20.5.